The summed E-state index contributed by atoms with van der Waals surface area (Å²) in [5.74, 6) is -2.74. The molecule has 0 radical (unpaired) electrons. The molecule has 1 saturated heterocycles. The van der Waals surface area contributed by atoms with Crippen molar-refractivity contribution in [1.82, 2.24) is 20.2 Å². The van der Waals surface area contributed by atoms with Crippen molar-refractivity contribution in [2.45, 2.75) is 19.4 Å². The normalized spacial score (nSPS) is 18.0. The first kappa shape index (κ1) is 31.2. The summed E-state index contributed by atoms with van der Waals surface area (Å²) in [6.45, 7) is 3.57. The van der Waals surface area contributed by atoms with Crippen molar-refractivity contribution >= 4 is 35.0 Å². The Balaban J connectivity index is 1.77. The Morgan fingerprint density at radius 2 is 2.02 bits per heavy atom. The smallest absolute Gasteiger partial charge is 0.264 e. The van der Waals surface area contributed by atoms with Crippen LogP contribution >= 0.6 is 0 Å². The van der Waals surface area contributed by atoms with Crippen LogP contribution in [0.4, 0.5) is 34.8 Å². The number of anilines is 3. The van der Waals surface area contributed by atoms with Crippen molar-refractivity contribution in [3.8, 4) is 6.07 Å². The number of piperazine rings is 1. The third-order valence-corrected chi connectivity index (χ3v) is 7.37. The lowest BCUT2D eigenvalue weighted by Gasteiger charge is -2.40. The van der Waals surface area contributed by atoms with E-state index in [1.807, 2.05) is 20.0 Å². The Kier molecular flexibility index (Phi) is 9.77. The van der Waals surface area contributed by atoms with Crippen LogP contribution < -0.4 is 20.4 Å². The van der Waals surface area contributed by atoms with Gasteiger partial charge in [-0.05, 0) is 31.7 Å². The molecule has 2 aliphatic rings. The van der Waals surface area contributed by atoms with Crippen LogP contribution in [0.15, 0.2) is 47.8 Å². The predicted molar refractivity (Wildman–Crippen MR) is 154 cm³/mol. The minimum atomic E-state index is -3.18. The maximum absolute atomic E-state index is 16.5. The van der Waals surface area contributed by atoms with Gasteiger partial charge in [-0.25, -0.2) is 27.5 Å². The molecule has 1 aromatic carbocycles. The number of carbonyl (C=O) groups excluding carboxylic acids is 2. The van der Waals surface area contributed by atoms with E-state index in [1.54, 1.807) is 21.9 Å². The lowest BCUT2D eigenvalue weighted by atomic mass is 10.0. The summed E-state index contributed by atoms with van der Waals surface area (Å²) < 4.78 is 59.8. The van der Waals surface area contributed by atoms with E-state index < -0.39 is 40.7 Å². The van der Waals surface area contributed by atoms with Gasteiger partial charge < -0.3 is 25.3 Å². The first-order valence-corrected chi connectivity index (χ1v) is 13.4. The fourth-order valence-corrected chi connectivity index (χ4v) is 4.99. The van der Waals surface area contributed by atoms with Gasteiger partial charge in [0.15, 0.2) is 5.82 Å². The van der Waals surface area contributed by atoms with Crippen molar-refractivity contribution in [3.63, 3.8) is 0 Å². The molecule has 0 spiro atoms. The highest BCUT2D eigenvalue weighted by Gasteiger charge is 2.32. The Hall–Kier alpha value is -4.77. The fourth-order valence-electron chi connectivity index (χ4n) is 4.99. The van der Waals surface area contributed by atoms with E-state index >= 15 is 8.78 Å². The molecule has 1 unspecified atom stereocenters. The third kappa shape index (κ3) is 6.67. The molecule has 1 atom stereocenters. The number of rotatable bonds is 9. The Bertz CT molecular complexity index is 1540. The summed E-state index contributed by atoms with van der Waals surface area (Å²) in [7, 11) is 3.30. The minimum absolute atomic E-state index is 0.0149. The summed E-state index contributed by atoms with van der Waals surface area (Å²) in [6, 6.07) is 4.56. The molecular weight excluding hydrogens is 568 g/mol. The summed E-state index contributed by atoms with van der Waals surface area (Å²) in [4.78, 5) is 37.9. The zero-order valence-corrected chi connectivity index (χ0v) is 23.7. The largest absolute Gasteiger partial charge is 0.393 e. The Labute approximate surface area is 246 Å². The topological polar surface area (TPSA) is 117 Å². The first-order valence-electron chi connectivity index (χ1n) is 13.4. The molecule has 14 heteroatoms. The third-order valence-electron chi connectivity index (χ3n) is 7.37. The molecular formula is C29H30F4N8O2. The van der Waals surface area contributed by atoms with Crippen LogP contribution in [-0.2, 0) is 9.59 Å². The van der Waals surface area contributed by atoms with E-state index in [-0.39, 0.29) is 48.2 Å². The van der Waals surface area contributed by atoms with Gasteiger partial charge in [0.05, 0.1) is 16.8 Å². The molecule has 1 fully saturated rings. The quantitative estimate of drug-likeness (QED) is 0.194. The molecule has 226 valence electrons. The van der Waals surface area contributed by atoms with Crippen molar-refractivity contribution < 1.29 is 27.2 Å². The number of benzene rings is 1. The lowest BCUT2D eigenvalue weighted by molar-refractivity contribution is -0.112. The van der Waals surface area contributed by atoms with Gasteiger partial charge in [0.2, 0.25) is 5.82 Å². The van der Waals surface area contributed by atoms with Crippen molar-refractivity contribution in [2.75, 3.05) is 61.9 Å². The molecule has 1 aromatic heterocycles. The second-order valence-electron chi connectivity index (χ2n) is 10.0. The number of likely N-dealkylation sites (N-methyl/N-ethyl adjacent to an activating group) is 1. The average molecular weight is 599 g/mol. The van der Waals surface area contributed by atoms with Crippen LogP contribution in [0.1, 0.15) is 18.3 Å². The van der Waals surface area contributed by atoms with Crippen molar-refractivity contribution in [1.29, 1.82) is 5.26 Å². The van der Waals surface area contributed by atoms with Crippen LogP contribution in [0.5, 0.6) is 0 Å². The highest BCUT2D eigenvalue weighted by Crippen LogP contribution is 2.39. The van der Waals surface area contributed by atoms with E-state index in [0.29, 0.717) is 31.5 Å². The van der Waals surface area contributed by atoms with Crippen LogP contribution in [-0.4, -0.2) is 86.3 Å². The molecule has 0 saturated carbocycles. The number of aromatic nitrogens is 2. The van der Waals surface area contributed by atoms with Crippen LogP contribution in [0.2, 0.25) is 0 Å². The predicted octanol–water partition coefficient (Wildman–Crippen LogP) is 3.10. The van der Waals surface area contributed by atoms with Crippen molar-refractivity contribution in [3.05, 3.63) is 70.9 Å². The number of hydrogen-bond acceptors (Lipinski definition) is 9. The molecule has 10 nitrogen and oxygen atoms in total. The van der Waals surface area contributed by atoms with Gasteiger partial charge in [-0.3, -0.25) is 9.59 Å². The van der Waals surface area contributed by atoms with Crippen LogP contribution in [0.25, 0.3) is 5.57 Å². The van der Waals surface area contributed by atoms with Gasteiger partial charge in [0.25, 0.3) is 12.3 Å². The highest BCUT2D eigenvalue weighted by molar-refractivity contribution is 6.09. The van der Waals surface area contributed by atoms with Gasteiger partial charge in [-0.1, -0.05) is 6.08 Å². The fraction of sp³-hybridized carbons (Fsp3) is 0.345. The van der Waals surface area contributed by atoms with E-state index in [0.717, 1.165) is 12.3 Å². The molecule has 2 aliphatic heterocycles. The highest BCUT2D eigenvalue weighted by atomic mass is 19.3. The molecule has 1 amide bonds. The number of amides is 1. The zero-order valence-electron chi connectivity index (χ0n) is 23.7. The number of allylic oxidation sites excluding steroid dienone is 1. The number of nitrogens with one attached hydrogen (secondary N) is 2. The van der Waals surface area contributed by atoms with Crippen LogP contribution in [0, 0.1) is 23.0 Å². The molecule has 0 bridgehead atoms. The Morgan fingerprint density at radius 3 is 2.67 bits per heavy atom. The SMILES string of the molecule is CN/C=C(C(=O)Nc1c(N2CCN(C)C(C)C2)cc(F)c(C2=CCN(c3ccnc(C#N)n3)C2)c1F)\C(=C/C=O)C(F)F. The molecule has 2 N–H and O–H groups in total. The number of aldehydes is 1. The number of alkyl halides is 2. The van der Waals surface area contributed by atoms with Crippen molar-refractivity contribution in [2.24, 2.45) is 0 Å². The summed E-state index contributed by atoms with van der Waals surface area (Å²) in [5, 5.41) is 14.0. The van der Waals surface area contributed by atoms with Crippen LogP contribution in [0.3, 0.4) is 0 Å². The van der Waals surface area contributed by atoms with E-state index in [2.05, 4.69) is 25.5 Å². The first-order chi connectivity index (χ1) is 20.6. The molecule has 3 heterocycles. The lowest BCUT2D eigenvalue weighted by Crippen LogP contribution is -2.50. The number of halogens is 4. The van der Waals surface area contributed by atoms with Gasteiger partial charge in [0.1, 0.15) is 29.7 Å². The standard InChI is InChI=1S/C29H30F4N8O2/c1-17-15-40(10-9-39(17)3)22-12-21(30)25(18-5-8-41(16-18)24-4-7-36-23(13-34)37-24)26(31)27(22)38-29(43)20(14-35-2)19(6-11-42)28(32)33/h4-7,11-12,14,17,28,35H,8-10,15-16H2,1-3H3,(H,38,43)/b19-6+,20-14+. The Morgan fingerprint density at radius 1 is 1.26 bits per heavy atom. The number of nitriles is 1. The van der Waals surface area contributed by atoms with Gasteiger partial charge in [-0.2, -0.15) is 5.26 Å². The molecule has 4 rings (SSSR count). The number of nitrogens with zero attached hydrogens (tertiary/aromatic N) is 6. The maximum Gasteiger partial charge on any atom is 0.264 e. The minimum Gasteiger partial charge on any atom is -0.393 e. The van der Waals surface area contributed by atoms with Gasteiger partial charge in [-0.15, -0.1) is 0 Å². The maximum atomic E-state index is 16.5. The van der Waals surface area contributed by atoms with Gasteiger partial charge in [0, 0.05) is 69.8 Å². The second-order valence-corrected chi connectivity index (χ2v) is 10.0. The summed E-state index contributed by atoms with van der Waals surface area (Å²) >= 11 is 0. The zero-order chi connectivity index (χ0) is 31.3. The molecule has 43 heavy (non-hydrogen) atoms. The molecule has 2 aromatic rings. The summed E-state index contributed by atoms with van der Waals surface area (Å²) in [5.41, 5.74) is -1.91. The summed E-state index contributed by atoms with van der Waals surface area (Å²) in [6.07, 6.45) is 1.49. The monoisotopic (exact) mass is 598 g/mol. The van der Waals surface area contributed by atoms with E-state index in [4.69, 9.17) is 5.26 Å². The van der Waals surface area contributed by atoms with E-state index in [1.165, 1.54) is 13.2 Å². The van der Waals surface area contributed by atoms with E-state index in [9.17, 15) is 18.4 Å². The molecule has 0 aliphatic carbocycles. The van der Waals surface area contributed by atoms with Gasteiger partial charge >= 0.3 is 0 Å². The average Bonchev–Trinajstić information content (AvgIpc) is 3.47. The number of hydrogen-bond donors (Lipinski definition) is 2. The number of carbonyl (C=O) groups is 2. The second kappa shape index (κ2) is 13.5.